The Hall–Kier alpha value is -2.18. The second kappa shape index (κ2) is 68.3. The second-order valence-corrected chi connectivity index (χ2v) is 24.2. The predicted octanol–water partition coefficient (Wildman–Crippen LogP) is 22.9. The van der Waals surface area contributed by atoms with E-state index in [1.807, 2.05) is 0 Å². The summed E-state index contributed by atoms with van der Waals surface area (Å²) in [5.74, 6) is -0.0272. The molecular formula is C73H137NO5. The SMILES string of the molecule is CCCCCC/C=C\C/C=C\CCCCCCCCCC(=O)OCCCCCCCCCCC/C=C\C/C=C\CCCCCCCCCCCCCCCCCC(=O)NC(CO)C(O)CCCCCCCCCCCCCCC. The van der Waals surface area contributed by atoms with Gasteiger partial charge in [-0.2, -0.15) is 0 Å². The fourth-order valence-electron chi connectivity index (χ4n) is 10.9. The molecule has 79 heavy (non-hydrogen) atoms. The van der Waals surface area contributed by atoms with Crippen molar-refractivity contribution in [2.75, 3.05) is 13.2 Å². The molecule has 0 aliphatic carbocycles. The van der Waals surface area contributed by atoms with E-state index in [4.69, 9.17) is 4.74 Å². The van der Waals surface area contributed by atoms with Crippen molar-refractivity contribution in [1.29, 1.82) is 0 Å². The minimum Gasteiger partial charge on any atom is -0.466 e. The number of esters is 1. The molecule has 0 radical (unpaired) electrons. The van der Waals surface area contributed by atoms with Crippen molar-refractivity contribution in [2.45, 2.75) is 392 Å². The summed E-state index contributed by atoms with van der Waals surface area (Å²) >= 11 is 0. The normalized spacial score (nSPS) is 12.8. The summed E-state index contributed by atoms with van der Waals surface area (Å²) in [6.45, 7) is 4.95. The van der Waals surface area contributed by atoms with Crippen LogP contribution >= 0.6 is 0 Å². The molecule has 0 aromatic rings. The van der Waals surface area contributed by atoms with Gasteiger partial charge in [-0.15, -0.1) is 0 Å². The van der Waals surface area contributed by atoms with Gasteiger partial charge in [-0.25, -0.2) is 0 Å². The first kappa shape index (κ1) is 76.8. The van der Waals surface area contributed by atoms with E-state index in [9.17, 15) is 19.8 Å². The van der Waals surface area contributed by atoms with Gasteiger partial charge in [-0.3, -0.25) is 9.59 Å². The lowest BCUT2D eigenvalue weighted by molar-refractivity contribution is -0.143. The van der Waals surface area contributed by atoms with E-state index in [2.05, 4.69) is 67.8 Å². The monoisotopic (exact) mass is 1110 g/mol. The number of aliphatic hydroxyl groups is 2. The first-order valence-corrected chi connectivity index (χ1v) is 35.4. The number of aliphatic hydroxyl groups excluding tert-OH is 2. The number of unbranched alkanes of at least 4 members (excludes halogenated alkanes) is 47. The van der Waals surface area contributed by atoms with Crippen LogP contribution in [0.5, 0.6) is 0 Å². The van der Waals surface area contributed by atoms with Crippen molar-refractivity contribution in [3.05, 3.63) is 48.6 Å². The highest BCUT2D eigenvalue weighted by atomic mass is 16.5. The zero-order chi connectivity index (χ0) is 57.1. The topological polar surface area (TPSA) is 95.9 Å². The third-order valence-corrected chi connectivity index (χ3v) is 16.4. The van der Waals surface area contributed by atoms with E-state index in [1.54, 1.807) is 0 Å². The number of carbonyl (C=O) groups excluding carboxylic acids is 2. The molecule has 0 saturated heterocycles. The van der Waals surface area contributed by atoms with Gasteiger partial charge in [0.05, 0.1) is 25.4 Å². The van der Waals surface area contributed by atoms with E-state index >= 15 is 0 Å². The number of carbonyl (C=O) groups is 2. The maximum atomic E-state index is 12.5. The lowest BCUT2D eigenvalue weighted by atomic mass is 10.0. The Morgan fingerprint density at radius 2 is 0.633 bits per heavy atom. The Bertz CT molecular complexity index is 1320. The van der Waals surface area contributed by atoms with E-state index in [-0.39, 0.29) is 18.5 Å². The fourth-order valence-corrected chi connectivity index (χ4v) is 10.9. The standard InChI is InChI=1S/C73H137NO5/c1-3-5-7-9-11-13-15-17-18-19-36-39-43-47-51-55-59-63-67-73(78)79-68-64-60-56-52-48-44-40-37-34-32-30-28-26-24-22-20-21-23-25-27-29-31-33-35-38-42-46-50-54-58-62-66-72(77)74-70(69-75)71(76)65-61-57-53-49-45-41-16-14-12-10-8-6-4-2/h13,15,18-19,22,24,28,30,70-71,75-76H,3-12,14,16-17,20-21,23,25-27,29,31-69H2,1-2H3,(H,74,77)/b15-13-,19-18-,24-22-,30-28-. The molecule has 6 heteroatoms. The van der Waals surface area contributed by atoms with E-state index in [0.717, 1.165) is 57.8 Å². The van der Waals surface area contributed by atoms with Gasteiger partial charge in [0.15, 0.2) is 0 Å². The first-order valence-electron chi connectivity index (χ1n) is 35.4. The number of amides is 1. The first-order chi connectivity index (χ1) is 39.0. The van der Waals surface area contributed by atoms with E-state index in [1.165, 1.54) is 289 Å². The van der Waals surface area contributed by atoms with Crippen LogP contribution in [0.25, 0.3) is 0 Å². The number of allylic oxidation sites excluding steroid dienone is 8. The zero-order valence-electron chi connectivity index (χ0n) is 53.1. The van der Waals surface area contributed by atoms with Crippen molar-refractivity contribution >= 4 is 11.9 Å². The molecule has 3 N–H and O–H groups in total. The van der Waals surface area contributed by atoms with E-state index < -0.39 is 12.1 Å². The Morgan fingerprint density at radius 3 is 0.975 bits per heavy atom. The Kier molecular flexibility index (Phi) is 66.4. The Labute approximate surface area is 493 Å². The van der Waals surface area contributed by atoms with Crippen LogP contribution in [0.3, 0.4) is 0 Å². The minimum atomic E-state index is -0.664. The maximum Gasteiger partial charge on any atom is 0.305 e. The van der Waals surface area contributed by atoms with Gasteiger partial charge in [0.2, 0.25) is 5.91 Å². The third kappa shape index (κ3) is 64.8. The van der Waals surface area contributed by atoms with Gasteiger partial charge in [0, 0.05) is 12.8 Å². The summed E-state index contributed by atoms with van der Waals surface area (Å²) in [7, 11) is 0. The summed E-state index contributed by atoms with van der Waals surface area (Å²) < 4.78 is 5.50. The molecule has 0 spiro atoms. The van der Waals surface area contributed by atoms with Gasteiger partial charge in [-0.05, 0) is 89.9 Å². The minimum absolute atomic E-state index is 0.00594. The number of rotatable bonds is 66. The Balaban J connectivity index is 3.38. The molecule has 0 aliphatic rings. The molecule has 2 unspecified atom stereocenters. The molecule has 0 aliphatic heterocycles. The quantitative estimate of drug-likeness (QED) is 0.0320. The van der Waals surface area contributed by atoms with Crippen LogP contribution in [0.2, 0.25) is 0 Å². The smallest absolute Gasteiger partial charge is 0.305 e. The van der Waals surface area contributed by atoms with Gasteiger partial charge in [0.1, 0.15) is 0 Å². The highest BCUT2D eigenvalue weighted by Gasteiger charge is 2.20. The van der Waals surface area contributed by atoms with Crippen LogP contribution in [0.4, 0.5) is 0 Å². The lowest BCUT2D eigenvalue weighted by Crippen LogP contribution is -2.45. The van der Waals surface area contributed by atoms with Gasteiger partial charge >= 0.3 is 5.97 Å². The number of ether oxygens (including phenoxy) is 1. The third-order valence-electron chi connectivity index (χ3n) is 16.4. The average Bonchev–Trinajstić information content (AvgIpc) is 3.45. The molecule has 1 amide bonds. The molecule has 2 atom stereocenters. The highest BCUT2D eigenvalue weighted by Crippen LogP contribution is 2.18. The molecule has 0 saturated carbocycles. The lowest BCUT2D eigenvalue weighted by Gasteiger charge is -2.22. The molecule has 0 bridgehead atoms. The molecule has 0 aromatic carbocycles. The van der Waals surface area contributed by atoms with Crippen LogP contribution in [0.1, 0.15) is 380 Å². The molecule has 0 aromatic heterocycles. The highest BCUT2D eigenvalue weighted by molar-refractivity contribution is 5.76. The van der Waals surface area contributed by atoms with Crippen molar-refractivity contribution in [3.8, 4) is 0 Å². The van der Waals surface area contributed by atoms with Crippen molar-refractivity contribution in [3.63, 3.8) is 0 Å². The molecule has 0 rings (SSSR count). The summed E-state index contributed by atoms with van der Waals surface area (Å²) in [5.41, 5.74) is 0. The van der Waals surface area contributed by atoms with Gasteiger partial charge < -0.3 is 20.3 Å². The van der Waals surface area contributed by atoms with Crippen molar-refractivity contribution in [2.24, 2.45) is 0 Å². The van der Waals surface area contributed by atoms with E-state index in [0.29, 0.717) is 25.9 Å². The fraction of sp³-hybridized carbons (Fsp3) is 0.863. The predicted molar refractivity (Wildman–Crippen MR) is 347 cm³/mol. The average molecular weight is 1110 g/mol. The van der Waals surface area contributed by atoms with Gasteiger partial charge in [-0.1, -0.05) is 326 Å². The molecule has 6 nitrogen and oxygen atoms in total. The molecule has 464 valence electrons. The van der Waals surface area contributed by atoms with Crippen LogP contribution < -0.4 is 5.32 Å². The molecular weight excluding hydrogens is 971 g/mol. The number of hydrogen-bond donors (Lipinski definition) is 3. The Morgan fingerprint density at radius 1 is 0.354 bits per heavy atom. The summed E-state index contributed by atoms with van der Waals surface area (Å²) in [5, 5.41) is 23.3. The van der Waals surface area contributed by atoms with Crippen molar-refractivity contribution in [1.82, 2.24) is 5.32 Å². The molecule has 0 heterocycles. The summed E-state index contributed by atoms with van der Waals surface area (Å²) in [4.78, 5) is 24.6. The van der Waals surface area contributed by atoms with Gasteiger partial charge in [0.25, 0.3) is 0 Å². The number of hydrogen-bond acceptors (Lipinski definition) is 5. The van der Waals surface area contributed by atoms with Crippen LogP contribution in [-0.2, 0) is 14.3 Å². The summed E-state index contributed by atoms with van der Waals surface area (Å²) in [6.07, 6.45) is 88.8. The largest absolute Gasteiger partial charge is 0.466 e. The van der Waals surface area contributed by atoms with Crippen molar-refractivity contribution < 1.29 is 24.5 Å². The summed E-state index contributed by atoms with van der Waals surface area (Å²) in [6, 6.07) is -0.541. The maximum absolute atomic E-state index is 12.5. The zero-order valence-corrected chi connectivity index (χ0v) is 53.1. The molecule has 0 fully saturated rings. The van der Waals surface area contributed by atoms with Crippen LogP contribution in [-0.4, -0.2) is 47.4 Å². The van der Waals surface area contributed by atoms with Crippen LogP contribution in [0.15, 0.2) is 48.6 Å². The number of nitrogens with one attached hydrogen (secondary N) is 1. The second-order valence-electron chi connectivity index (χ2n) is 24.2. The van der Waals surface area contributed by atoms with Crippen LogP contribution in [0, 0.1) is 0 Å².